The fraction of sp³-hybridized carbons (Fsp3) is 0.938. The number of nitrogens with zero attached hydrogens (tertiary/aromatic N) is 1. The summed E-state index contributed by atoms with van der Waals surface area (Å²) in [7, 11) is 0. The van der Waals surface area contributed by atoms with Crippen LogP contribution in [0.25, 0.3) is 0 Å². The van der Waals surface area contributed by atoms with Crippen molar-refractivity contribution in [3.8, 4) is 0 Å². The molecule has 1 aliphatic carbocycles. The molecule has 2 rings (SSSR count). The van der Waals surface area contributed by atoms with Gasteiger partial charge in [-0.3, -0.25) is 10.1 Å². The number of carbonyl (C=O) groups is 1. The highest BCUT2D eigenvalue weighted by molar-refractivity contribution is 5.89. The van der Waals surface area contributed by atoms with Gasteiger partial charge in [-0.25, -0.2) is 0 Å². The van der Waals surface area contributed by atoms with Gasteiger partial charge < -0.3 is 4.90 Å². The molecule has 1 spiro atoms. The third kappa shape index (κ3) is 2.67. The molecule has 2 unspecified atom stereocenters. The second-order valence-corrected chi connectivity index (χ2v) is 7.28. The lowest BCUT2D eigenvalue weighted by molar-refractivity contribution is -0.136. The molecular weight excluding hydrogens is 236 g/mol. The minimum atomic E-state index is -0.220. The van der Waals surface area contributed by atoms with Gasteiger partial charge >= 0.3 is 0 Å². The Kier molecular flexibility index (Phi) is 4.24. The summed E-state index contributed by atoms with van der Waals surface area (Å²) in [6.07, 6.45) is 5.74. The maximum absolute atomic E-state index is 12.9. The second kappa shape index (κ2) is 5.43. The quantitative estimate of drug-likeness (QED) is 0.848. The molecule has 1 amide bonds. The van der Waals surface area contributed by atoms with E-state index in [1.807, 2.05) is 0 Å². The van der Waals surface area contributed by atoms with Crippen molar-refractivity contribution < 1.29 is 4.79 Å². The largest absolute Gasteiger partial charge is 0.323 e. The summed E-state index contributed by atoms with van der Waals surface area (Å²) in [5.74, 6) is 1.50. The van der Waals surface area contributed by atoms with Crippen molar-refractivity contribution in [2.75, 3.05) is 0 Å². The maximum Gasteiger partial charge on any atom is 0.244 e. The third-order valence-corrected chi connectivity index (χ3v) is 4.98. The molecule has 0 bridgehead atoms. The highest BCUT2D eigenvalue weighted by Crippen LogP contribution is 2.39. The van der Waals surface area contributed by atoms with Crippen molar-refractivity contribution >= 4 is 5.91 Å². The van der Waals surface area contributed by atoms with Gasteiger partial charge in [0.25, 0.3) is 0 Å². The van der Waals surface area contributed by atoms with E-state index >= 15 is 0 Å². The first-order valence-electron chi connectivity index (χ1n) is 7.98. The van der Waals surface area contributed by atoms with Crippen LogP contribution in [0.5, 0.6) is 0 Å². The summed E-state index contributed by atoms with van der Waals surface area (Å²) in [6, 6.07) is 0.323. The van der Waals surface area contributed by atoms with E-state index < -0.39 is 0 Å². The Bertz CT molecular complexity index is 332. The summed E-state index contributed by atoms with van der Waals surface area (Å²) >= 11 is 0. The SMILES string of the molecule is CC(C)CC1NC2(CCCC2)C(=O)N1C(C)C(C)C. The highest BCUT2D eigenvalue weighted by atomic mass is 16.2. The predicted molar refractivity (Wildman–Crippen MR) is 78.7 cm³/mol. The van der Waals surface area contributed by atoms with E-state index in [1.165, 1.54) is 12.8 Å². The molecule has 110 valence electrons. The first kappa shape index (κ1) is 14.8. The first-order chi connectivity index (χ1) is 8.87. The average molecular weight is 266 g/mol. The normalized spacial score (nSPS) is 28.1. The number of carbonyl (C=O) groups excluding carboxylic acids is 1. The van der Waals surface area contributed by atoms with E-state index in [-0.39, 0.29) is 11.7 Å². The molecule has 19 heavy (non-hydrogen) atoms. The van der Waals surface area contributed by atoms with E-state index in [1.54, 1.807) is 0 Å². The smallest absolute Gasteiger partial charge is 0.244 e. The van der Waals surface area contributed by atoms with Crippen molar-refractivity contribution in [1.29, 1.82) is 0 Å². The van der Waals surface area contributed by atoms with E-state index in [4.69, 9.17) is 0 Å². The average Bonchev–Trinajstić information content (AvgIpc) is 2.86. The third-order valence-electron chi connectivity index (χ3n) is 4.98. The van der Waals surface area contributed by atoms with Gasteiger partial charge in [-0.15, -0.1) is 0 Å². The van der Waals surface area contributed by atoms with Gasteiger partial charge in [-0.1, -0.05) is 40.5 Å². The first-order valence-corrected chi connectivity index (χ1v) is 7.98. The zero-order chi connectivity index (χ0) is 14.2. The lowest BCUT2D eigenvalue weighted by atomic mass is 9.96. The van der Waals surface area contributed by atoms with Crippen LogP contribution in [0.3, 0.4) is 0 Å². The molecule has 1 aliphatic heterocycles. The molecule has 0 aromatic rings. The molecule has 1 N–H and O–H groups in total. The summed E-state index contributed by atoms with van der Waals surface area (Å²) < 4.78 is 0. The van der Waals surface area contributed by atoms with Gasteiger partial charge in [0.2, 0.25) is 5.91 Å². The topological polar surface area (TPSA) is 32.3 Å². The standard InChI is InChI=1S/C16H30N2O/c1-11(2)10-14-17-16(8-6-7-9-16)15(19)18(14)13(5)12(3)4/h11-14,17H,6-10H2,1-5H3. The minimum absolute atomic E-state index is 0.220. The molecule has 2 atom stereocenters. The Morgan fingerprint density at radius 1 is 1.21 bits per heavy atom. The maximum atomic E-state index is 12.9. The van der Waals surface area contributed by atoms with Gasteiger partial charge in [0.1, 0.15) is 0 Å². The predicted octanol–water partition coefficient (Wildman–Crippen LogP) is 3.15. The van der Waals surface area contributed by atoms with Crippen molar-refractivity contribution in [2.24, 2.45) is 11.8 Å². The summed E-state index contributed by atoms with van der Waals surface area (Å²) in [5, 5.41) is 3.71. The van der Waals surface area contributed by atoms with Crippen LogP contribution in [0.15, 0.2) is 0 Å². The molecule has 2 fully saturated rings. The second-order valence-electron chi connectivity index (χ2n) is 7.28. The van der Waals surface area contributed by atoms with Crippen molar-refractivity contribution in [3.63, 3.8) is 0 Å². The van der Waals surface area contributed by atoms with Gasteiger partial charge in [0.05, 0.1) is 11.7 Å². The molecular formula is C16H30N2O. The fourth-order valence-corrected chi connectivity index (χ4v) is 3.58. The molecule has 2 aliphatic rings. The molecule has 0 aromatic heterocycles. The fourth-order valence-electron chi connectivity index (χ4n) is 3.58. The summed E-state index contributed by atoms with van der Waals surface area (Å²) in [5.41, 5.74) is -0.220. The Morgan fingerprint density at radius 2 is 1.79 bits per heavy atom. The van der Waals surface area contributed by atoms with Crippen LogP contribution in [0, 0.1) is 11.8 Å². The van der Waals surface area contributed by atoms with Crippen LogP contribution in [0.4, 0.5) is 0 Å². The molecule has 0 aromatic carbocycles. The van der Waals surface area contributed by atoms with Crippen LogP contribution >= 0.6 is 0 Å². The Hall–Kier alpha value is -0.570. The van der Waals surface area contributed by atoms with Crippen LogP contribution in [-0.2, 0) is 4.79 Å². The van der Waals surface area contributed by atoms with E-state index in [0.717, 1.165) is 19.3 Å². The van der Waals surface area contributed by atoms with Gasteiger partial charge in [-0.2, -0.15) is 0 Å². The minimum Gasteiger partial charge on any atom is -0.323 e. The van der Waals surface area contributed by atoms with Crippen molar-refractivity contribution in [3.05, 3.63) is 0 Å². The van der Waals surface area contributed by atoms with Crippen molar-refractivity contribution in [2.45, 2.75) is 84.5 Å². The number of hydrogen-bond acceptors (Lipinski definition) is 2. The lowest BCUT2D eigenvalue weighted by Crippen LogP contribution is -2.46. The van der Waals surface area contributed by atoms with Crippen LogP contribution in [0.1, 0.15) is 66.7 Å². The summed E-state index contributed by atoms with van der Waals surface area (Å²) in [4.78, 5) is 15.1. The molecule has 3 nitrogen and oxygen atoms in total. The van der Waals surface area contributed by atoms with Crippen molar-refractivity contribution in [1.82, 2.24) is 10.2 Å². The number of amides is 1. The van der Waals surface area contributed by atoms with Crippen LogP contribution in [-0.4, -0.2) is 28.6 Å². The van der Waals surface area contributed by atoms with Gasteiger partial charge in [0.15, 0.2) is 0 Å². The van der Waals surface area contributed by atoms with Crippen LogP contribution in [0.2, 0.25) is 0 Å². The van der Waals surface area contributed by atoms with E-state index in [0.29, 0.717) is 23.8 Å². The Labute approximate surface area is 118 Å². The molecule has 1 saturated carbocycles. The van der Waals surface area contributed by atoms with E-state index in [2.05, 4.69) is 44.8 Å². The summed E-state index contributed by atoms with van der Waals surface area (Å²) in [6.45, 7) is 11.1. The van der Waals surface area contributed by atoms with Gasteiger partial charge in [0, 0.05) is 6.04 Å². The molecule has 3 heteroatoms. The molecule has 1 saturated heterocycles. The lowest BCUT2D eigenvalue weighted by Gasteiger charge is -2.33. The zero-order valence-electron chi connectivity index (χ0n) is 13.2. The zero-order valence-corrected chi connectivity index (χ0v) is 13.2. The Balaban J connectivity index is 2.22. The number of hydrogen-bond donors (Lipinski definition) is 1. The van der Waals surface area contributed by atoms with E-state index in [9.17, 15) is 4.79 Å². The van der Waals surface area contributed by atoms with Crippen LogP contribution < -0.4 is 5.32 Å². The molecule has 1 heterocycles. The number of nitrogens with one attached hydrogen (secondary N) is 1. The highest BCUT2D eigenvalue weighted by Gasteiger charge is 2.53. The Morgan fingerprint density at radius 3 is 2.26 bits per heavy atom. The monoisotopic (exact) mass is 266 g/mol. The number of rotatable bonds is 4. The molecule has 0 radical (unpaired) electrons. The van der Waals surface area contributed by atoms with Gasteiger partial charge in [-0.05, 0) is 38.0 Å².